The normalized spacial score (nSPS) is 11.7. The van der Waals surface area contributed by atoms with Crippen LogP contribution < -0.4 is 0 Å². The van der Waals surface area contributed by atoms with Crippen LogP contribution in [-0.2, 0) is 14.3 Å². The molecule has 102 valence electrons. The van der Waals surface area contributed by atoms with Crippen molar-refractivity contribution in [3.63, 3.8) is 0 Å². The van der Waals surface area contributed by atoms with Crippen molar-refractivity contribution in [3.05, 3.63) is 24.3 Å². The Balaban J connectivity index is 4.19. The highest BCUT2D eigenvalue weighted by Gasteiger charge is 2.18. The SMILES string of the molecule is C=C(C(=C)C(=O)OCC(CC)CCCC)C(=O)O. The van der Waals surface area contributed by atoms with Gasteiger partial charge in [0, 0.05) is 0 Å². The number of esters is 1. The van der Waals surface area contributed by atoms with Gasteiger partial charge in [-0.25, -0.2) is 9.59 Å². The van der Waals surface area contributed by atoms with Crippen molar-refractivity contribution >= 4 is 11.9 Å². The van der Waals surface area contributed by atoms with E-state index in [-0.39, 0.29) is 11.1 Å². The summed E-state index contributed by atoms with van der Waals surface area (Å²) < 4.78 is 5.06. The topological polar surface area (TPSA) is 63.6 Å². The first-order chi connectivity index (χ1) is 8.43. The largest absolute Gasteiger partial charge is 0.478 e. The average Bonchev–Trinajstić information content (AvgIpc) is 2.36. The fourth-order valence-corrected chi connectivity index (χ4v) is 1.43. The number of hydrogen-bond acceptors (Lipinski definition) is 3. The summed E-state index contributed by atoms with van der Waals surface area (Å²) in [5.41, 5.74) is -0.505. The molecule has 0 aliphatic carbocycles. The fourth-order valence-electron chi connectivity index (χ4n) is 1.43. The second kappa shape index (κ2) is 8.50. The molecule has 0 fully saturated rings. The molecule has 0 saturated carbocycles. The van der Waals surface area contributed by atoms with Crippen LogP contribution in [0.5, 0.6) is 0 Å². The van der Waals surface area contributed by atoms with Crippen LogP contribution in [0.15, 0.2) is 24.3 Å². The number of carboxylic acid groups (broad SMARTS) is 1. The lowest BCUT2D eigenvalue weighted by atomic mass is 10.0. The summed E-state index contributed by atoms with van der Waals surface area (Å²) in [6, 6.07) is 0. The maximum atomic E-state index is 11.5. The van der Waals surface area contributed by atoms with E-state index in [0.717, 1.165) is 25.7 Å². The zero-order valence-electron chi connectivity index (χ0n) is 11.2. The van der Waals surface area contributed by atoms with Gasteiger partial charge >= 0.3 is 11.9 Å². The molecule has 18 heavy (non-hydrogen) atoms. The maximum Gasteiger partial charge on any atom is 0.338 e. The van der Waals surface area contributed by atoms with E-state index in [9.17, 15) is 9.59 Å². The van der Waals surface area contributed by atoms with Crippen LogP contribution in [0.2, 0.25) is 0 Å². The third-order valence-corrected chi connectivity index (χ3v) is 2.86. The second-order valence-corrected chi connectivity index (χ2v) is 4.28. The number of rotatable bonds is 9. The Labute approximate surface area is 108 Å². The first-order valence-electron chi connectivity index (χ1n) is 6.22. The third kappa shape index (κ3) is 5.66. The molecule has 0 aromatic carbocycles. The monoisotopic (exact) mass is 254 g/mol. The highest BCUT2D eigenvalue weighted by atomic mass is 16.5. The standard InChI is InChI=1S/C14H22O4/c1-5-7-8-12(6-2)9-18-14(17)11(4)10(3)13(15)16/h12H,3-9H2,1-2H3,(H,15,16). The Hall–Kier alpha value is -1.58. The molecular weight excluding hydrogens is 232 g/mol. The Bertz CT molecular complexity index is 331. The number of carbonyl (C=O) groups is 2. The minimum Gasteiger partial charge on any atom is -0.478 e. The van der Waals surface area contributed by atoms with Gasteiger partial charge < -0.3 is 9.84 Å². The molecule has 0 aliphatic rings. The summed E-state index contributed by atoms with van der Waals surface area (Å²) in [6.07, 6.45) is 4.14. The summed E-state index contributed by atoms with van der Waals surface area (Å²) in [5.74, 6) is -1.63. The van der Waals surface area contributed by atoms with Gasteiger partial charge in [0.25, 0.3) is 0 Å². The lowest BCUT2D eigenvalue weighted by Crippen LogP contribution is -2.17. The van der Waals surface area contributed by atoms with E-state index in [0.29, 0.717) is 12.5 Å². The van der Waals surface area contributed by atoms with Crippen LogP contribution in [0, 0.1) is 5.92 Å². The summed E-state index contributed by atoms with van der Waals surface area (Å²) in [5, 5.41) is 8.67. The van der Waals surface area contributed by atoms with Crippen molar-refractivity contribution in [3.8, 4) is 0 Å². The predicted octanol–water partition coefficient (Wildman–Crippen LogP) is 2.94. The number of carboxylic acids is 1. The van der Waals surface area contributed by atoms with Gasteiger partial charge in [-0.2, -0.15) is 0 Å². The highest BCUT2D eigenvalue weighted by Crippen LogP contribution is 2.15. The molecule has 0 radical (unpaired) electrons. The first-order valence-corrected chi connectivity index (χ1v) is 6.22. The number of aliphatic carboxylic acids is 1. The van der Waals surface area contributed by atoms with Crippen molar-refractivity contribution in [1.29, 1.82) is 0 Å². The Morgan fingerprint density at radius 2 is 1.83 bits per heavy atom. The van der Waals surface area contributed by atoms with E-state index < -0.39 is 11.9 Å². The number of unbranched alkanes of at least 4 members (excludes halogenated alkanes) is 1. The number of hydrogen-bond donors (Lipinski definition) is 1. The van der Waals surface area contributed by atoms with Gasteiger partial charge in [0.05, 0.1) is 17.8 Å². The maximum absolute atomic E-state index is 11.5. The third-order valence-electron chi connectivity index (χ3n) is 2.86. The first kappa shape index (κ1) is 16.4. The zero-order valence-corrected chi connectivity index (χ0v) is 11.2. The quantitative estimate of drug-likeness (QED) is 0.390. The molecule has 0 aromatic heterocycles. The van der Waals surface area contributed by atoms with E-state index >= 15 is 0 Å². The van der Waals surface area contributed by atoms with Crippen LogP contribution in [-0.4, -0.2) is 23.7 Å². The lowest BCUT2D eigenvalue weighted by Gasteiger charge is -2.15. The van der Waals surface area contributed by atoms with Gasteiger partial charge in [-0.15, -0.1) is 0 Å². The average molecular weight is 254 g/mol. The molecule has 1 N–H and O–H groups in total. The lowest BCUT2D eigenvalue weighted by molar-refractivity contribution is -0.141. The summed E-state index contributed by atoms with van der Waals surface area (Å²) in [6.45, 7) is 11.1. The molecule has 0 spiro atoms. The molecule has 1 unspecified atom stereocenters. The number of ether oxygens (including phenoxy) is 1. The van der Waals surface area contributed by atoms with E-state index in [1.165, 1.54) is 0 Å². The Morgan fingerprint density at radius 1 is 1.22 bits per heavy atom. The minimum atomic E-state index is -1.25. The van der Waals surface area contributed by atoms with E-state index in [1.807, 2.05) is 6.92 Å². The molecule has 1 atom stereocenters. The highest BCUT2D eigenvalue weighted by molar-refractivity contribution is 6.05. The Morgan fingerprint density at radius 3 is 2.28 bits per heavy atom. The minimum absolute atomic E-state index is 0.187. The summed E-state index contributed by atoms with van der Waals surface area (Å²) in [7, 11) is 0. The van der Waals surface area contributed by atoms with Gasteiger partial charge in [-0.1, -0.05) is 46.3 Å². The molecule has 0 aromatic rings. The van der Waals surface area contributed by atoms with Crippen LogP contribution in [0.4, 0.5) is 0 Å². The van der Waals surface area contributed by atoms with Gasteiger partial charge in [0.2, 0.25) is 0 Å². The van der Waals surface area contributed by atoms with Gasteiger partial charge in [-0.05, 0) is 12.3 Å². The van der Waals surface area contributed by atoms with Crippen LogP contribution in [0.1, 0.15) is 39.5 Å². The molecule has 0 saturated heterocycles. The molecule has 0 rings (SSSR count). The van der Waals surface area contributed by atoms with Gasteiger partial charge in [-0.3, -0.25) is 0 Å². The Kier molecular flexibility index (Phi) is 7.76. The van der Waals surface area contributed by atoms with E-state index in [4.69, 9.17) is 9.84 Å². The summed E-state index contributed by atoms with van der Waals surface area (Å²) in [4.78, 5) is 22.1. The van der Waals surface area contributed by atoms with Gasteiger partial charge in [0.15, 0.2) is 0 Å². The molecule has 0 bridgehead atoms. The number of carbonyl (C=O) groups excluding carboxylic acids is 1. The van der Waals surface area contributed by atoms with Crippen molar-refractivity contribution in [2.45, 2.75) is 39.5 Å². The molecule has 0 amide bonds. The summed E-state index contributed by atoms with van der Waals surface area (Å²) >= 11 is 0. The molecule has 0 heterocycles. The van der Waals surface area contributed by atoms with E-state index in [2.05, 4.69) is 20.1 Å². The smallest absolute Gasteiger partial charge is 0.338 e. The van der Waals surface area contributed by atoms with Crippen LogP contribution in [0.3, 0.4) is 0 Å². The second-order valence-electron chi connectivity index (χ2n) is 4.28. The van der Waals surface area contributed by atoms with E-state index in [1.54, 1.807) is 0 Å². The molecule has 4 nitrogen and oxygen atoms in total. The van der Waals surface area contributed by atoms with Crippen molar-refractivity contribution < 1.29 is 19.4 Å². The molecule has 4 heteroatoms. The van der Waals surface area contributed by atoms with Crippen LogP contribution >= 0.6 is 0 Å². The van der Waals surface area contributed by atoms with Gasteiger partial charge in [0.1, 0.15) is 0 Å². The zero-order chi connectivity index (χ0) is 14.1. The van der Waals surface area contributed by atoms with Crippen LogP contribution in [0.25, 0.3) is 0 Å². The molecule has 0 aliphatic heterocycles. The van der Waals surface area contributed by atoms with Crippen molar-refractivity contribution in [1.82, 2.24) is 0 Å². The molecular formula is C14H22O4. The fraction of sp³-hybridized carbons (Fsp3) is 0.571. The predicted molar refractivity (Wildman–Crippen MR) is 70.2 cm³/mol. The van der Waals surface area contributed by atoms with Crippen molar-refractivity contribution in [2.24, 2.45) is 5.92 Å². The van der Waals surface area contributed by atoms with Crippen molar-refractivity contribution in [2.75, 3.05) is 6.61 Å².